The van der Waals surface area contributed by atoms with E-state index in [-0.39, 0.29) is 61.5 Å². The van der Waals surface area contributed by atoms with Gasteiger partial charge in [0.15, 0.2) is 0 Å². The molecule has 0 bridgehead atoms. The van der Waals surface area contributed by atoms with E-state index in [1.54, 1.807) is 24.3 Å². The van der Waals surface area contributed by atoms with Gasteiger partial charge in [0.05, 0.1) is 13.1 Å². The van der Waals surface area contributed by atoms with Crippen LogP contribution in [0.5, 0.6) is 0 Å². The molecule has 8 nitrogen and oxygen atoms in total. The summed E-state index contributed by atoms with van der Waals surface area (Å²) in [5, 5.41) is 3.08. The average Bonchev–Trinajstić information content (AvgIpc) is 3.06. The number of amides is 4. The number of hydrogen-bond acceptors (Lipinski definition) is 5. The molecule has 1 aromatic rings. The second-order valence-corrected chi connectivity index (χ2v) is 7.88. The molecule has 1 N–H and O–H groups in total. The summed E-state index contributed by atoms with van der Waals surface area (Å²) < 4.78 is 0. The molecule has 0 radical (unpaired) electrons. The molecule has 3 aliphatic heterocycles. The van der Waals surface area contributed by atoms with E-state index in [4.69, 9.17) is 0 Å². The third kappa shape index (κ3) is 4.65. The van der Waals surface area contributed by atoms with Crippen LogP contribution in [0.25, 0.3) is 0 Å². The van der Waals surface area contributed by atoms with Crippen LogP contribution in [0, 0.1) is 0 Å². The lowest BCUT2D eigenvalue weighted by molar-refractivity contribution is -0.139. The molecule has 4 rings (SSSR count). The molecule has 0 saturated carbocycles. The molecular formula is C21H27ClN4O4. The van der Waals surface area contributed by atoms with Crippen LogP contribution in [0.15, 0.2) is 24.3 Å². The van der Waals surface area contributed by atoms with Gasteiger partial charge in [0.25, 0.3) is 5.91 Å². The highest BCUT2D eigenvalue weighted by atomic mass is 35.5. The molecule has 0 spiro atoms. The first-order valence-electron chi connectivity index (χ1n) is 10.2. The average molecular weight is 435 g/mol. The molecule has 162 valence electrons. The van der Waals surface area contributed by atoms with E-state index in [2.05, 4.69) is 5.32 Å². The predicted octanol–water partition coefficient (Wildman–Crippen LogP) is 0.794. The zero-order valence-corrected chi connectivity index (χ0v) is 17.7. The Bertz CT molecular complexity index is 813. The summed E-state index contributed by atoms with van der Waals surface area (Å²) in [6.07, 6.45) is 2.36. The van der Waals surface area contributed by atoms with Crippen molar-refractivity contribution in [1.29, 1.82) is 0 Å². The number of carbonyl (C=O) groups is 4. The van der Waals surface area contributed by atoms with Gasteiger partial charge in [-0.25, -0.2) is 0 Å². The number of carbonyl (C=O) groups excluding carboxylic acids is 4. The number of nitrogens with one attached hydrogen (secondary N) is 1. The Labute approximate surface area is 182 Å². The predicted molar refractivity (Wildman–Crippen MR) is 112 cm³/mol. The van der Waals surface area contributed by atoms with Gasteiger partial charge in [0.2, 0.25) is 17.7 Å². The van der Waals surface area contributed by atoms with Crippen LogP contribution < -0.4 is 5.32 Å². The van der Waals surface area contributed by atoms with Gasteiger partial charge in [0.1, 0.15) is 0 Å². The highest BCUT2D eigenvalue weighted by Gasteiger charge is 2.32. The molecule has 3 aliphatic rings. The van der Waals surface area contributed by atoms with Gasteiger partial charge in [-0.2, -0.15) is 0 Å². The van der Waals surface area contributed by atoms with Gasteiger partial charge in [0, 0.05) is 50.6 Å². The fourth-order valence-electron chi connectivity index (χ4n) is 4.32. The molecule has 9 heteroatoms. The van der Waals surface area contributed by atoms with Gasteiger partial charge in [-0.15, -0.1) is 12.4 Å². The molecule has 4 amide bonds. The Morgan fingerprint density at radius 1 is 1.00 bits per heavy atom. The molecule has 30 heavy (non-hydrogen) atoms. The first-order chi connectivity index (χ1) is 14.0. The molecule has 0 aromatic heterocycles. The third-order valence-corrected chi connectivity index (χ3v) is 5.95. The number of piperidine rings is 1. The zero-order chi connectivity index (χ0) is 20.4. The quantitative estimate of drug-likeness (QED) is 0.708. The summed E-state index contributed by atoms with van der Waals surface area (Å²) in [5.74, 6) is -0.225. The Hall–Kier alpha value is -2.45. The highest BCUT2D eigenvalue weighted by Crippen LogP contribution is 2.20. The van der Waals surface area contributed by atoms with Crippen LogP contribution in [0.3, 0.4) is 0 Å². The molecule has 3 saturated heterocycles. The number of piperazine rings is 1. The molecule has 0 aliphatic carbocycles. The van der Waals surface area contributed by atoms with Gasteiger partial charge in [-0.3, -0.25) is 24.1 Å². The van der Waals surface area contributed by atoms with Crippen molar-refractivity contribution in [3.05, 3.63) is 35.4 Å². The number of imide groups is 1. The van der Waals surface area contributed by atoms with E-state index in [1.807, 2.05) is 9.80 Å². The third-order valence-electron chi connectivity index (χ3n) is 5.95. The van der Waals surface area contributed by atoms with Crippen LogP contribution in [0.4, 0.5) is 0 Å². The van der Waals surface area contributed by atoms with Crippen molar-refractivity contribution in [3.8, 4) is 0 Å². The minimum absolute atomic E-state index is 0. The first kappa shape index (κ1) is 22.2. The minimum Gasteiger partial charge on any atom is -0.337 e. The summed E-state index contributed by atoms with van der Waals surface area (Å²) in [5.41, 5.74) is 1.41. The standard InChI is InChI=1S/C21H26N4O4.ClH/c26-18-7-8-19(27)25(18)13-15-3-5-16(6-4-15)21(29)23-10-1-2-17(14-23)24-11-9-22-12-20(24)28;/h3-6,17,22H,1-2,7-14H2;1H. The molecular weight excluding hydrogens is 408 g/mol. The molecule has 3 heterocycles. The lowest BCUT2D eigenvalue weighted by atomic mass is 10.0. The maximum absolute atomic E-state index is 13.0. The van der Waals surface area contributed by atoms with Crippen LogP contribution in [-0.2, 0) is 20.9 Å². The van der Waals surface area contributed by atoms with E-state index >= 15 is 0 Å². The molecule has 3 fully saturated rings. The van der Waals surface area contributed by atoms with Crippen molar-refractivity contribution in [2.45, 2.75) is 38.3 Å². The molecule has 1 aromatic carbocycles. The number of halogens is 1. The SMILES string of the molecule is Cl.O=C(c1ccc(CN2C(=O)CCC2=O)cc1)N1CCCC(N2CCNCC2=O)C1. The lowest BCUT2D eigenvalue weighted by Gasteiger charge is -2.41. The Balaban J connectivity index is 0.00000256. The van der Waals surface area contributed by atoms with E-state index in [1.165, 1.54) is 4.90 Å². The number of benzene rings is 1. The number of hydrogen-bond donors (Lipinski definition) is 1. The minimum atomic E-state index is -0.142. The molecule has 1 unspecified atom stereocenters. The van der Waals surface area contributed by atoms with E-state index in [9.17, 15) is 19.2 Å². The van der Waals surface area contributed by atoms with Crippen molar-refractivity contribution < 1.29 is 19.2 Å². The summed E-state index contributed by atoms with van der Waals surface area (Å²) in [4.78, 5) is 53.7. The van der Waals surface area contributed by atoms with Crippen molar-refractivity contribution in [3.63, 3.8) is 0 Å². The van der Waals surface area contributed by atoms with Crippen LogP contribution >= 0.6 is 12.4 Å². The maximum atomic E-state index is 13.0. The maximum Gasteiger partial charge on any atom is 0.253 e. The largest absolute Gasteiger partial charge is 0.337 e. The van der Waals surface area contributed by atoms with E-state index in [0.29, 0.717) is 31.7 Å². The second-order valence-electron chi connectivity index (χ2n) is 7.88. The Kier molecular flexibility index (Phi) is 7.10. The highest BCUT2D eigenvalue weighted by molar-refractivity contribution is 6.01. The summed E-state index contributed by atoms with van der Waals surface area (Å²) in [6, 6.07) is 7.18. The number of rotatable bonds is 4. The van der Waals surface area contributed by atoms with Gasteiger partial charge in [-0.1, -0.05) is 12.1 Å². The van der Waals surface area contributed by atoms with Crippen LogP contribution in [0.1, 0.15) is 41.6 Å². The first-order valence-corrected chi connectivity index (χ1v) is 10.2. The van der Waals surface area contributed by atoms with Crippen molar-refractivity contribution in [1.82, 2.24) is 20.0 Å². The molecule has 1 atom stereocenters. The van der Waals surface area contributed by atoms with Crippen LogP contribution in [-0.4, -0.2) is 77.1 Å². The fourth-order valence-corrected chi connectivity index (χ4v) is 4.32. The normalized spacial score (nSPS) is 22.3. The fraction of sp³-hybridized carbons (Fsp3) is 0.524. The van der Waals surface area contributed by atoms with Gasteiger partial charge in [-0.05, 0) is 30.5 Å². The number of nitrogens with zero attached hydrogens (tertiary/aromatic N) is 3. The van der Waals surface area contributed by atoms with Crippen molar-refractivity contribution >= 4 is 36.0 Å². The lowest BCUT2D eigenvalue weighted by Crippen LogP contribution is -2.57. The van der Waals surface area contributed by atoms with Crippen molar-refractivity contribution in [2.75, 3.05) is 32.7 Å². The Morgan fingerprint density at radius 2 is 1.70 bits per heavy atom. The zero-order valence-electron chi connectivity index (χ0n) is 16.8. The Morgan fingerprint density at radius 3 is 2.37 bits per heavy atom. The number of likely N-dealkylation sites (tertiary alicyclic amines) is 2. The monoisotopic (exact) mass is 434 g/mol. The van der Waals surface area contributed by atoms with Gasteiger partial charge < -0.3 is 15.1 Å². The smallest absolute Gasteiger partial charge is 0.253 e. The van der Waals surface area contributed by atoms with E-state index < -0.39 is 0 Å². The van der Waals surface area contributed by atoms with Gasteiger partial charge >= 0.3 is 0 Å². The van der Waals surface area contributed by atoms with Crippen molar-refractivity contribution in [2.24, 2.45) is 0 Å². The summed E-state index contributed by atoms with van der Waals surface area (Å²) >= 11 is 0. The van der Waals surface area contributed by atoms with E-state index in [0.717, 1.165) is 24.9 Å². The van der Waals surface area contributed by atoms with Crippen LogP contribution in [0.2, 0.25) is 0 Å². The second kappa shape index (κ2) is 9.57. The summed E-state index contributed by atoms with van der Waals surface area (Å²) in [6.45, 7) is 3.35. The topological polar surface area (TPSA) is 90.0 Å². The summed E-state index contributed by atoms with van der Waals surface area (Å²) in [7, 11) is 0.